The first-order chi connectivity index (χ1) is 14.1. The molecule has 4 rings (SSSR count). The SMILES string of the molecule is Cn1cc(NC(=O)c2cnn3ccc(N4C[C@H](N)CC(F)(F)C4)nc23)c(C(F)F)n1. The first-order valence-corrected chi connectivity index (χ1v) is 8.99. The van der Waals surface area contributed by atoms with Crippen molar-refractivity contribution in [2.24, 2.45) is 12.8 Å². The fraction of sp³-hybridized carbons (Fsp3) is 0.412. The van der Waals surface area contributed by atoms with E-state index in [9.17, 15) is 22.4 Å². The molecule has 1 amide bonds. The van der Waals surface area contributed by atoms with E-state index in [4.69, 9.17) is 5.73 Å². The summed E-state index contributed by atoms with van der Waals surface area (Å²) < 4.78 is 56.5. The summed E-state index contributed by atoms with van der Waals surface area (Å²) >= 11 is 0. The highest BCUT2D eigenvalue weighted by Crippen LogP contribution is 2.29. The average Bonchev–Trinajstić information content (AvgIpc) is 3.22. The predicted octanol–water partition coefficient (Wildman–Crippen LogP) is 1.83. The van der Waals surface area contributed by atoms with Crippen LogP contribution in [0, 0.1) is 0 Å². The zero-order valence-electron chi connectivity index (χ0n) is 15.8. The van der Waals surface area contributed by atoms with Crippen LogP contribution in [0.3, 0.4) is 0 Å². The highest BCUT2D eigenvalue weighted by Gasteiger charge is 2.39. The van der Waals surface area contributed by atoms with Crippen molar-refractivity contribution < 1.29 is 22.4 Å². The maximum atomic E-state index is 13.9. The van der Waals surface area contributed by atoms with Crippen molar-refractivity contribution in [1.29, 1.82) is 0 Å². The van der Waals surface area contributed by atoms with E-state index >= 15 is 0 Å². The molecule has 30 heavy (non-hydrogen) atoms. The maximum Gasteiger partial charge on any atom is 0.284 e. The number of aromatic nitrogens is 5. The van der Waals surface area contributed by atoms with Gasteiger partial charge in [0.1, 0.15) is 11.4 Å². The molecular weight excluding hydrogens is 408 g/mol. The summed E-state index contributed by atoms with van der Waals surface area (Å²) in [5, 5.41) is 10.0. The average molecular weight is 426 g/mol. The largest absolute Gasteiger partial charge is 0.349 e. The Bertz CT molecular complexity index is 1090. The second kappa shape index (κ2) is 7.23. The summed E-state index contributed by atoms with van der Waals surface area (Å²) in [4.78, 5) is 18.3. The number of fused-ring (bicyclic) bond motifs is 1. The lowest BCUT2D eigenvalue weighted by Crippen LogP contribution is -2.52. The van der Waals surface area contributed by atoms with Crippen molar-refractivity contribution in [3.63, 3.8) is 0 Å². The normalized spacial score (nSPS) is 18.9. The second-order valence-corrected chi connectivity index (χ2v) is 7.17. The van der Waals surface area contributed by atoms with Crippen LogP contribution in [0.5, 0.6) is 0 Å². The Kier molecular flexibility index (Phi) is 4.84. The molecule has 160 valence electrons. The van der Waals surface area contributed by atoms with Gasteiger partial charge >= 0.3 is 0 Å². The molecule has 3 aromatic rings. The summed E-state index contributed by atoms with van der Waals surface area (Å²) in [5.41, 5.74) is 5.11. The van der Waals surface area contributed by atoms with Crippen molar-refractivity contribution in [2.75, 3.05) is 23.3 Å². The van der Waals surface area contributed by atoms with E-state index in [0.29, 0.717) is 0 Å². The van der Waals surface area contributed by atoms with Gasteiger partial charge in [0.2, 0.25) is 0 Å². The summed E-state index contributed by atoms with van der Waals surface area (Å²) in [6.07, 6.45) is 0.655. The van der Waals surface area contributed by atoms with E-state index in [-0.39, 0.29) is 29.3 Å². The standard InChI is InChI=1S/C17H18F4N8O/c1-27-7-11(13(26-27)14(18)19)24-16(30)10-5-23-29-3-2-12(25-15(10)29)28-6-9(22)4-17(20,21)8-28/h2-3,5,7,9,14H,4,6,8,22H2,1H3,(H,24,30)/t9-/m1/s1. The van der Waals surface area contributed by atoms with Gasteiger partial charge in [0.15, 0.2) is 11.3 Å². The van der Waals surface area contributed by atoms with Gasteiger partial charge in [-0.15, -0.1) is 0 Å². The molecule has 0 bridgehead atoms. The number of rotatable bonds is 4. The maximum absolute atomic E-state index is 13.9. The molecule has 0 unspecified atom stereocenters. The number of amides is 1. The van der Waals surface area contributed by atoms with E-state index in [2.05, 4.69) is 20.5 Å². The lowest BCUT2D eigenvalue weighted by atomic mass is 10.0. The van der Waals surface area contributed by atoms with Crippen molar-refractivity contribution in [3.05, 3.63) is 35.9 Å². The first-order valence-electron chi connectivity index (χ1n) is 8.99. The van der Waals surface area contributed by atoms with Crippen LogP contribution >= 0.6 is 0 Å². The van der Waals surface area contributed by atoms with Gasteiger partial charge in [-0.1, -0.05) is 0 Å². The molecule has 1 atom stereocenters. The first kappa shape index (κ1) is 20.1. The number of nitrogens with zero attached hydrogens (tertiary/aromatic N) is 6. The molecule has 3 aromatic heterocycles. The van der Waals surface area contributed by atoms with Crippen LogP contribution < -0.4 is 16.0 Å². The third-order valence-corrected chi connectivity index (χ3v) is 4.67. The Morgan fingerprint density at radius 3 is 2.87 bits per heavy atom. The van der Waals surface area contributed by atoms with Crippen molar-refractivity contribution in [3.8, 4) is 0 Å². The topological polar surface area (TPSA) is 106 Å². The minimum atomic E-state index is -2.96. The zero-order chi connectivity index (χ0) is 21.6. The summed E-state index contributed by atoms with van der Waals surface area (Å²) in [6.45, 7) is -0.366. The molecule has 9 nitrogen and oxygen atoms in total. The molecule has 1 fully saturated rings. The molecule has 0 spiro atoms. The van der Waals surface area contributed by atoms with Gasteiger partial charge in [-0.05, 0) is 6.07 Å². The third-order valence-electron chi connectivity index (χ3n) is 4.67. The molecule has 1 saturated heterocycles. The summed E-state index contributed by atoms with van der Waals surface area (Å²) in [6, 6.07) is 0.768. The molecule has 0 radical (unpaired) electrons. The Morgan fingerprint density at radius 2 is 2.17 bits per heavy atom. The van der Waals surface area contributed by atoms with Crippen LogP contribution in [-0.2, 0) is 7.05 Å². The molecule has 0 aromatic carbocycles. The number of carbonyl (C=O) groups excluding carboxylic acids is 1. The van der Waals surface area contributed by atoms with E-state index in [1.165, 1.54) is 41.1 Å². The van der Waals surface area contributed by atoms with Gasteiger partial charge in [-0.2, -0.15) is 10.2 Å². The monoisotopic (exact) mass is 426 g/mol. The van der Waals surface area contributed by atoms with Crippen LogP contribution in [-0.4, -0.2) is 55.3 Å². The minimum absolute atomic E-state index is 0.00557. The fourth-order valence-electron chi connectivity index (χ4n) is 3.46. The molecule has 13 heteroatoms. The Hall–Kier alpha value is -3.22. The van der Waals surface area contributed by atoms with E-state index < -0.39 is 43.0 Å². The molecule has 4 heterocycles. The van der Waals surface area contributed by atoms with Gasteiger partial charge in [-0.3, -0.25) is 9.48 Å². The molecule has 3 N–H and O–H groups in total. The molecule has 0 aliphatic carbocycles. The highest BCUT2D eigenvalue weighted by molar-refractivity contribution is 6.08. The fourth-order valence-corrected chi connectivity index (χ4v) is 3.46. The van der Waals surface area contributed by atoms with Crippen molar-refractivity contribution in [1.82, 2.24) is 24.4 Å². The smallest absolute Gasteiger partial charge is 0.284 e. The summed E-state index contributed by atoms with van der Waals surface area (Å²) in [5.74, 6) is -3.48. The summed E-state index contributed by atoms with van der Waals surface area (Å²) in [7, 11) is 1.45. The van der Waals surface area contributed by atoms with Gasteiger partial charge in [0, 0.05) is 38.4 Å². The van der Waals surface area contributed by atoms with E-state index in [1.54, 1.807) is 0 Å². The second-order valence-electron chi connectivity index (χ2n) is 7.17. The number of hydrogen-bond donors (Lipinski definition) is 2. The van der Waals surface area contributed by atoms with Crippen LogP contribution in [0.2, 0.25) is 0 Å². The number of alkyl halides is 4. The predicted molar refractivity (Wildman–Crippen MR) is 98.9 cm³/mol. The van der Waals surface area contributed by atoms with E-state index in [1.807, 2.05) is 0 Å². The van der Waals surface area contributed by atoms with Crippen molar-refractivity contribution in [2.45, 2.75) is 24.8 Å². The number of piperidine rings is 1. The highest BCUT2D eigenvalue weighted by atomic mass is 19.3. The van der Waals surface area contributed by atoms with Crippen LogP contribution in [0.15, 0.2) is 24.7 Å². The number of hydrogen-bond acceptors (Lipinski definition) is 6. The lowest BCUT2D eigenvalue weighted by Gasteiger charge is -2.36. The quantitative estimate of drug-likeness (QED) is 0.617. The van der Waals surface area contributed by atoms with Gasteiger partial charge in [-0.25, -0.2) is 27.1 Å². The Balaban J connectivity index is 1.64. The van der Waals surface area contributed by atoms with Gasteiger partial charge in [0.25, 0.3) is 18.3 Å². The van der Waals surface area contributed by atoms with Crippen LogP contribution in [0.1, 0.15) is 28.9 Å². The number of halogens is 4. The molecule has 1 aliphatic heterocycles. The number of nitrogens with one attached hydrogen (secondary N) is 1. The number of nitrogens with two attached hydrogens (primary N) is 1. The molecular formula is C17H18F4N8O. The Morgan fingerprint density at radius 1 is 1.40 bits per heavy atom. The number of aryl methyl sites for hydroxylation is 1. The minimum Gasteiger partial charge on any atom is -0.349 e. The number of anilines is 2. The third kappa shape index (κ3) is 3.79. The number of carbonyl (C=O) groups is 1. The molecule has 1 aliphatic rings. The molecule has 0 saturated carbocycles. The van der Waals surface area contributed by atoms with E-state index in [0.717, 1.165) is 4.68 Å². The lowest BCUT2D eigenvalue weighted by molar-refractivity contribution is -0.0174. The van der Waals surface area contributed by atoms with Gasteiger partial charge in [0.05, 0.1) is 18.4 Å². The Labute approximate surface area is 167 Å². The zero-order valence-corrected chi connectivity index (χ0v) is 15.8. The van der Waals surface area contributed by atoms with Crippen molar-refractivity contribution >= 4 is 23.1 Å². The van der Waals surface area contributed by atoms with Crippen LogP contribution in [0.25, 0.3) is 5.65 Å². The van der Waals surface area contributed by atoms with Gasteiger partial charge < -0.3 is 16.0 Å². The van der Waals surface area contributed by atoms with Crippen LogP contribution in [0.4, 0.5) is 29.1 Å².